The minimum atomic E-state index is 0.245. The highest BCUT2D eigenvalue weighted by atomic mass is 16.5. The highest BCUT2D eigenvalue weighted by Gasteiger charge is 2.27. The summed E-state index contributed by atoms with van der Waals surface area (Å²) in [6.07, 6.45) is 10.8. The highest BCUT2D eigenvalue weighted by Crippen LogP contribution is 2.51. The number of rotatable bonds is 4. The Morgan fingerprint density at radius 2 is 1.68 bits per heavy atom. The fourth-order valence-corrected chi connectivity index (χ4v) is 7.30. The van der Waals surface area contributed by atoms with Crippen molar-refractivity contribution in [1.29, 1.82) is 0 Å². The van der Waals surface area contributed by atoms with E-state index >= 15 is 0 Å². The number of hydrogen-bond donors (Lipinski definition) is 0. The van der Waals surface area contributed by atoms with E-state index in [0.29, 0.717) is 11.8 Å². The number of fused-ring (bicyclic) bond motifs is 5. The molecule has 0 atom stereocenters. The second-order valence-electron chi connectivity index (χ2n) is 14.0. The number of nitrogens with zero attached hydrogens (tertiary/aromatic N) is 1. The van der Waals surface area contributed by atoms with Crippen LogP contribution in [0.1, 0.15) is 89.3 Å². The van der Waals surface area contributed by atoms with E-state index in [1.807, 2.05) is 6.20 Å². The summed E-state index contributed by atoms with van der Waals surface area (Å²) in [5, 5.41) is 7.59. The fraction of sp³-hybridized carbons (Fsp3) is 0.395. The van der Waals surface area contributed by atoms with Crippen LogP contribution in [0.3, 0.4) is 0 Å². The molecule has 1 saturated carbocycles. The van der Waals surface area contributed by atoms with Gasteiger partial charge in [0.05, 0.1) is 11.1 Å². The van der Waals surface area contributed by atoms with E-state index in [-0.39, 0.29) is 5.41 Å². The third-order valence-corrected chi connectivity index (χ3v) is 9.00. The number of hydrogen-bond acceptors (Lipinski definition) is 2. The van der Waals surface area contributed by atoms with E-state index in [4.69, 9.17) is 9.72 Å². The molecule has 1 aliphatic carbocycles. The second-order valence-corrected chi connectivity index (χ2v) is 14.0. The molecular formula is C38H41NO. The van der Waals surface area contributed by atoms with Crippen molar-refractivity contribution in [3.05, 3.63) is 77.5 Å². The van der Waals surface area contributed by atoms with Crippen molar-refractivity contribution in [3.63, 3.8) is 0 Å². The molecule has 40 heavy (non-hydrogen) atoms. The molecule has 2 heteroatoms. The Hall–Kier alpha value is -3.39. The Morgan fingerprint density at radius 3 is 2.45 bits per heavy atom. The summed E-state index contributed by atoms with van der Waals surface area (Å²) >= 11 is 0. The molecule has 1 fully saturated rings. The first-order valence-electron chi connectivity index (χ1n) is 15.4. The van der Waals surface area contributed by atoms with E-state index < -0.39 is 0 Å². The quantitative estimate of drug-likeness (QED) is 0.213. The van der Waals surface area contributed by atoms with E-state index in [1.165, 1.54) is 75.7 Å². The molecule has 2 nitrogen and oxygen atoms in total. The molecule has 0 amide bonds. The average molecular weight is 528 g/mol. The van der Waals surface area contributed by atoms with Gasteiger partial charge in [-0.1, -0.05) is 90.3 Å². The zero-order valence-corrected chi connectivity index (χ0v) is 24.7. The first kappa shape index (κ1) is 25.6. The molecule has 204 valence electrons. The van der Waals surface area contributed by atoms with E-state index in [9.17, 15) is 0 Å². The molecule has 4 aromatic carbocycles. The van der Waals surface area contributed by atoms with Crippen LogP contribution in [0.25, 0.3) is 43.6 Å². The van der Waals surface area contributed by atoms with Crippen LogP contribution in [0.2, 0.25) is 0 Å². The van der Waals surface area contributed by atoms with Gasteiger partial charge in [-0.3, -0.25) is 4.98 Å². The molecule has 7 rings (SSSR count). The monoisotopic (exact) mass is 527 g/mol. The van der Waals surface area contributed by atoms with Gasteiger partial charge in [0, 0.05) is 17.3 Å². The van der Waals surface area contributed by atoms with Gasteiger partial charge in [0.1, 0.15) is 11.5 Å². The maximum Gasteiger partial charge on any atom is 0.140 e. The smallest absolute Gasteiger partial charge is 0.140 e. The molecule has 2 heterocycles. The van der Waals surface area contributed by atoms with Crippen LogP contribution >= 0.6 is 0 Å². The van der Waals surface area contributed by atoms with Gasteiger partial charge in [-0.15, -0.1) is 0 Å². The van der Waals surface area contributed by atoms with Crippen molar-refractivity contribution in [1.82, 2.24) is 4.98 Å². The lowest BCUT2D eigenvalue weighted by molar-refractivity contribution is 0.411. The normalized spacial score (nSPS) is 15.7. The Balaban J connectivity index is 1.46. The summed E-state index contributed by atoms with van der Waals surface area (Å²) in [5.74, 6) is 3.14. The van der Waals surface area contributed by atoms with Gasteiger partial charge in [-0.2, -0.15) is 0 Å². The summed E-state index contributed by atoms with van der Waals surface area (Å²) in [5.41, 5.74) is 6.63. The van der Waals surface area contributed by atoms with Crippen LogP contribution in [0.5, 0.6) is 11.5 Å². The summed E-state index contributed by atoms with van der Waals surface area (Å²) in [6.45, 7) is 11.5. The van der Waals surface area contributed by atoms with Crippen molar-refractivity contribution in [2.75, 3.05) is 0 Å². The van der Waals surface area contributed by atoms with Crippen molar-refractivity contribution in [3.8, 4) is 22.8 Å². The number of pyridine rings is 1. The van der Waals surface area contributed by atoms with Crippen molar-refractivity contribution < 1.29 is 4.74 Å². The maximum atomic E-state index is 6.92. The summed E-state index contributed by atoms with van der Waals surface area (Å²) in [7, 11) is 0. The molecule has 1 aromatic heterocycles. The lowest BCUT2D eigenvalue weighted by Gasteiger charge is -2.26. The molecule has 0 unspecified atom stereocenters. The van der Waals surface area contributed by atoms with Crippen LogP contribution in [0.4, 0.5) is 0 Å². The van der Waals surface area contributed by atoms with Crippen LogP contribution in [-0.4, -0.2) is 4.98 Å². The van der Waals surface area contributed by atoms with Crippen LogP contribution in [0, 0.1) is 11.3 Å². The van der Waals surface area contributed by atoms with Crippen LogP contribution < -0.4 is 4.74 Å². The van der Waals surface area contributed by atoms with Gasteiger partial charge in [0.15, 0.2) is 0 Å². The molecular weight excluding hydrogens is 486 g/mol. The van der Waals surface area contributed by atoms with Crippen LogP contribution in [0.15, 0.2) is 60.8 Å². The lowest BCUT2D eigenvalue weighted by Crippen LogP contribution is -2.09. The van der Waals surface area contributed by atoms with Crippen molar-refractivity contribution >= 4 is 32.3 Å². The van der Waals surface area contributed by atoms with E-state index in [0.717, 1.165) is 41.0 Å². The van der Waals surface area contributed by atoms with Gasteiger partial charge in [0.25, 0.3) is 0 Å². The molecule has 0 radical (unpaired) electrons. The highest BCUT2D eigenvalue weighted by molar-refractivity contribution is 6.16. The number of aromatic nitrogens is 1. The Labute approximate surface area is 238 Å². The predicted octanol–water partition coefficient (Wildman–Crippen LogP) is 11.1. The maximum absolute atomic E-state index is 6.92. The lowest BCUT2D eigenvalue weighted by atomic mass is 9.83. The first-order valence-corrected chi connectivity index (χ1v) is 15.4. The Morgan fingerprint density at radius 1 is 0.850 bits per heavy atom. The standard InChI is InChI=1S/C38H41NO/c1-23(2)17-32-29-14-11-24(22-38(3,4)5)18-28(29)20-33-36-35-30(15-16-39-36)31-19-26(25-9-7-6-8-10-25)12-13-27(31)21-34(35)40-37(32)33/h11-16,18-21,23,25H,6-10,17,22H2,1-5H3. The molecule has 0 saturated heterocycles. The third-order valence-electron chi connectivity index (χ3n) is 9.00. The minimum Gasteiger partial charge on any atom is -0.456 e. The zero-order chi connectivity index (χ0) is 27.6. The predicted molar refractivity (Wildman–Crippen MR) is 170 cm³/mol. The Kier molecular flexibility index (Phi) is 6.15. The average Bonchev–Trinajstić information content (AvgIpc) is 2.93. The van der Waals surface area contributed by atoms with Gasteiger partial charge < -0.3 is 4.74 Å². The largest absolute Gasteiger partial charge is 0.456 e. The summed E-state index contributed by atoms with van der Waals surface area (Å²) in [4.78, 5) is 5.03. The number of benzene rings is 4. The fourth-order valence-electron chi connectivity index (χ4n) is 7.30. The van der Waals surface area contributed by atoms with Gasteiger partial charge >= 0.3 is 0 Å². The van der Waals surface area contributed by atoms with Gasteiger partial charge in [-0.05, 0) is 99.2 Å². The number of ether oxygens (including phenoxy) is 1. The van der Waals surface area contributed by atoms with Crippen molar-refractivity contribution in [2.24, 2.45) is 11.3 Å². The molecule has 0 spiro atoms. The van der Waals surface area contributed by atoms with E-state index in [1.54, 1.807) is 0 Å². The summed E-state index contributed by atoms with van der Waals surface area (Å²) < 4.78 is 6.92. The molecule has 5 aromatic rings. The third kappa shape index (κ3) is 4.46. The first-order chi connectivity index (χ1) is 19.2. The van der Waals surface area contributed by atoms with E-state index in [2.05, 4.69) is 89.2 Å². The van der Waals surface area contributed by atoms with Crippen LogP contribution in [-0.2, 0) is 12.8 Å². The summed E-state index contributed by atoms with van der Waals surface area (Å²) in [6, 6.07) is 21.0. The minimum absolute atomic E-state index is 0.245. The second kappa shape index (κ2) is 9.61. The molecule has 0 N–H and O–H groups in total. The van der Waals surface area contributed by atoms with Gasteiger partial charge in [0.2, 0.25) is 0 Å². The topological polar surface area (TPSA) is 22.1 Å². The molecule has 0 bridgehead atoms. The SMILES string of the molecule is CC(C)Cc1c2c(cc3cc(CC(C)(C)C)ccc13)-c1nccc3c1c(cc1ccc(C4CCCCC4)cc13)O2. The van der Waals surface area contributed by atoms with Crippen molar-refractivity contribution in [2.45, 2.75) is 85.5 Å². The van der Waals surface area contributed by atoms with Gasteiger partial charge in [-0.25, -0.2) is 0 Å². The zero-order valence-electron chi connectivity index (χ0n) is 24.7. The Bertz CT molecular complexity index is 1770. The molecule has 1 aliphatic heterocycles. The molecule has 2 aliphatic rings.